The Morgan fingerprint density at radius 1 is 1.28 bits per heavy atom. The average molecular weight is 400 g/mol. The van der Waals surface area contributed by atoms with Gasteiger partial charge in [0, 0.05) is 17.8 Å². The molecule has 156 valence electrons. The van der Waals surface area contributed by atoms with Crippen molar-refractivity contribution in [3.05, 3.63) is 23.8 Å². The summed E-state index contributed by atoms with van der Waals surface area (Å²) in [7, 11) is 0. The van der Waals surface area contributed by atoms with Gasteiger partial charge in [-0.25, -0.2) is 0 Å². The predicted molar refractivity (Wildman–Crippen MR) is 103 cm³/mol. The van der Waals surface area contributed by atoms with Crippen LogP contribution in [-0.4, -0.2) is 46.6 Å². The van der Waals surface area contributed by atoms with Crippen molar-refractivity contribution in [1.29, 1.82) is 0 Å². The van der Waals surface area contributed by atoms with Crippen LogP contribution in [0.2, 0.25) is 0 Å². The summed E-state index contributed by atoms with van der Waals surface area (Å²) >= 11 is 0. The highest BCUT2D eigenvalue weighted by atomic mass is 16.6. The molecule has 1 aliphatic heterocycles. The van der Waals surface area contributed by atoms with Gasteiger partial charge in [0.1, 0.15) is 11.2 Å². The number of allylic oxidation sites excluding steroid dienone is 2. The van der Waals surface area contributed by atoms with E-state index in [9.17, 15) is 19.5 Å². The maximum Gasteiger partial charge on any atom is 0.303 e. The van der Waals surface area contributed by atoms with E-state index in [1.807, 2.05) is 13.0 Å². The number of carbonyl (C=O) groups excluding carboxylic acids is 3. The molecule has 0 aromatic rings. The molecule has 1 N–H and O–H groups in total. The smallest absolute Gasteiger partial charge is 0.303 e. The molecule has 0 unspecified atom stereocenters. The average Bonchev–Trinajstić information content (AvgIpc) is 3.32. The van der Waals surface area contributed by atoms with Crippen molar-refractivity contribution in [3.8, 4) is 0 Å². The normalized spacial score (nSPS) is 49.3. The molecule has 0 radical (unpaired) electrons. The Morgan fingerprint density at radius 2 is 2.03 bits per heavy atom. The van der Waals surface area contributed by atoms with Crippen LogP contribution in [-0.2, 0) is 23.9 Å². The zero-order valence-corrected chi connectivity index (χ0v) is 17.2. The Kier molecular flexibility index (Phi) is 3.75. The molecule has 4 fully saturated rings. The van der Waals surface area contributed by atoms with Gasteiger partial charge in [0.2, 0.25) is 5.78 Å². The van der Waals surface area contributed by atoms with E-state index < -0.39 is 22.8 Å². The van der Waals surface area contributed by atoms with Gasteiger partial charge in [-0.05, 0) is 63.0 Å². The SMILES string of the molecule is CC(=O)OCC(=O)[C@]1(O)CC[C@@H]2[C@H]3CCC4=CC(=O)C=C[C@]4(C)[C@@]34O[C@@H]4C[C@@]21C. The van der Waals surface area contributed by atoms with E-state index in [0.29, 0.717) is 12.8 Å². The van der Waals surface area contributed by atoms with Gasteiger partial charge in [-0.3, -0.25) is 14.4 Å². The molecular formula is C23H28O6. The molecule has 6 nitrogen and oxygen atoms in total. The summed E-state index contributed by atoms with van der Waals surface area (Å²) in [5.41, 5.74) is -1.61. The van der Waals surface area contributed by atoms with Crippen molar-refractivity contribution in [1.82, 2.24) is 0 Å². The third-order valence-corrected chi connectivity index (χ3v) is 8.95. The standard InChI is InChI=1S/C23H28O6/c1-13(24)28-12-18(26)22(27)9-7-16-17-5-4-14-10-15(25)6-8-20(14,2)23(17)19(29-23)11-21(16,22)3/h6,8,10,16-17,19,27H,4-5,7,9,11-12H2,1-3H3/t16-,17-,19-,20+,21+,22-,23-/m1/s1. The van der Waals surface area contributed by atoms with Crippen molar-refractivity contribution < 1.29 is 29.0 Å². The van der Waals surface area contributed by atoms with Crippen LogP contribution in [0, 0.1) is 22.7 Å². The molecule has 1 spiro atoms. The Morgan fingerprint density at radius 3 is 2.76 bits per heavy atom. The lowest BCUT2D eigenvalue weighted by Gasteiger charge is -2.55. The lowest BCUT2D eigenvalue weighted by Crippen LogP contribution is -2.61. The molecule has 0 amide bonds. The number of esters is 1. The van der Waals surface area contributed by atoms with Crippen LogP contribution in [0.1, 0.15) is 52.9 Å². The van der Waals surface area contributed by atoms with Crippen molar-refractivity contribution in [2.24, 2.45) is 22.7 Å². The van der Waals surface area contributed by atoms with Gasteiger partial charge in [0.25, 0.3) is 0 Å². The van der Waals surface area contributed by atoms with E-state index in [1.54, 1.807) is 12.2 Å². The molecule has 6 heteroatoms. The van der Waals surface area contributed by atoms with Crippen LogP contribution in [0.3, 0.4) is 0 Å². The first-order valence-corrected chi connectivity index (χ1v) is 10.6. The summed E-state index contributed by atoms with van der Waals surface area (Å²) in [5, 5.41) is 11.5. The maximum absolute atomic E-state index is 12.9. The second kappa shape index (κ2) is 5.67. The topological polar surface area (TPSA) is 93.2 Å². The third-order valence-electron chi connectivity index (χ3n) is 8.95. The van der Waals surface area contributed by atoms with E-state index in [4.69, 9.17) is 9.47 Å². The largest absolute Gasteiger partial charge is 0.458 e. The third kappa shape index (κ3) is 2.17. The van der Waals surface area contributed by atoms with E-state index in [0.717, 1.165) is 24.8 Å². The zero-order valence-electron chi connectivity index (χ0n) is 17.2. The molecule has 0 bridgehead atoms. The van der Waals surface area contributed by atoms with Crippen LogP contribution in [0.15, 0.2) is 23.8 Å². The fourth-order valence-electron chi connectivity index (χ4n) is 7.40. The van der Waals surface area contributed by atoms with Gasteiger partial charge in [-0.1, -0.05) is 18.6 Å². The van der Waals surface area contributed by atoms with Crippen molar-refractivity contribution in [2.75, 3.05) is 6.61 Å². The molecule has 0 aromatic carbocycles. The summed E-state index contributed by atoms with van der Waals surface area (Å²) in [6.07, 6.45) is 8.86. The lowest BCUT2D eigenvalue weighted by atomic mass is 9.47. The first-order chi connectivity index (χ1) is 13.6. The molecule has 3 saturated carbocycles. The highest BCUT2D eigenvalue weighted by Crippen LogP contribution is 2.75. The van der Waals surface area contributed by atoms with Crippen LogP contribution < -0.4 is 0 Å². The first kappa shape index (κ1) is 19.2. The van der Waals surface area contributed by atoms with Crippen LogP contribution in [0.5, 0.6) is 0 Å². The Bertz CT molecular complexity index is 888. The van der Waals surface area contributed by atoms with Crippen molar-refractivity contribution in [2.45, 2.75) is 70.2 Å². The van der Waals surface area contributed by atoms with Crippen LogP contribution >= 0.6 is 0 Å². The molecule has 5 rings (SSSR count). The monoisotopic (exact) mass is 400 g/mol. The van der Waals surface area contributed by atoms with E-state index in [1.165, 1.54) is 6.92 Å². The van der Waals surface area contributed by atoms with E-state index >= 15 is 0 Å². The van der Waals surface area contributed by atoms with Crippen molar-refractivity contribution >= 4 is 17.5 Å². The second-order valence-corrected chi connectivity index (χ2v) is 9.98. The number of ether oxygens (including phenoxy) is 2. The van der Waals surface area contributed by atoms with Crippen LogP contribution in [0.4, 0.5) is 0 Å². The number of ketones is 2. The van der Waals surface area contributed by atoms with Crippen LogP contribution in [0.25, 0.3) is 0 Å². The first-order valence-electron chi connectivity index (χ1n) is 10.6. The summed E-state index contributed by atoms with van der Waals surface area (Å²) in [4.78, 5) is 36.0. The molecule has 0 aromatic heterocycles. The predicted octanol–water partition coefficient (Wildman–Crippen LogP) is 2.29. The van der Waals surface area contributed by atoms with E-state index in [-0.39, 0.29) is 41.3 Å². The second-order valence-electron chi connectivity index (χ2n) is 9.98. The number of hydrogen-bond acceptors (Lipinski definition) is 6. The van der Waals surface area contributed by atoms with Gasteiger partial charge < -0.3 is 14.6 Å². The highest BCUT2D eigenvalue weighted by molar-refractivity contribution is 6.01. The number of Topliss-reactive ketones (excluding diaryl/α,β-unsaturated/α-hetero) is 1. The maximum atomic E-state index is 12.9. The number of hydrogen-bond donors (Lipinski definition) is 1. The van der Waals surface area contributed by atoms with Gasteiger partial charge in [0.15, 0.2) is 12.4 Å². The number of aliphatic hydroxyl groups is 1. The van der Waals surface area contributed by atoms with Gasteiger partial charge in [-0.2, -0.15) is 0 Å². The highest BCUT2D eigenvalue weighted by Gasteiger charge is 2.81. The van der Waals surface area contributed by atoms with Gasteiger partial charge >= 0.3 is 5.97 Å². The Hall–Kier alpha value is -1.79. The fourth-order valence-corrected chi connectivity index (χ4v) is 7.40. The number of carbonyl (C=O) groups is 3. The number of rotatable bonds is 3. The number of fused-ring (bicyclic) bond motifs is 3. The van der Waals surface area contributed by atoms with Gasteiger partial charge in [-0.15, -0.1) is 0 Å². The Labute approximate surface area is 170 Å². The summed E-state index contributed by atoms with van der Waals surface area (Å²) in [6.45, 7) is 5.06. The minimum absolute atomic E-state index is 0.0384. The quantitative estimate of drug-likeness (QED) is 0.577. The zero-order chi connectivity index (χ0) is 20.8. The minimum Gasteiger partial charge on any atom is -0.458 e. The lowest BCUT2D eigenvalue weighted by molar-refractivity contribution is -0.165. The molecule has 5 aliphatic rings. The summed E-state index contributed by atoms with van der Waals surface area (Å²) < 4.78 is 11.4. The van der Waals surface area contributed by atoms with Gasteiger partial charge in [0.05, 0.1) is 6.10 Å². The van der Waals surface area contributed by atoms with Crippen molar-refractivity contribution in [3.63, 3.8) is 0 Å². The summed E-state index contributed by atoms with van der Waals surface area (Å²) in [6, 6.07) is 0. The molecular weight excluding hydrogens is 372 g/mol. The molecule has 4 aliphatic carbocycles. The molecule has 1 saturated heterocycles. The molecule has 7 atom stereocenters. The number of epoxide rings is 1. The summed E-state index contributed by atoms with van der Waals surface area (Å²) in [5.74, 6) is -0.514. The van der Waals surface area contributed by atoms with E-state index in [2.05, 4.69) is 6.92 Å². The molecule has 1 heterocycles. The molecule has 29 heavy (non-hydrogen) atoms. The Balaban J connectivity index is 1.49. The fraction of sp³-hybridized carbons (Fsp3) is 0.696. The minimum atomic E-state index is -1.50.